The SMILES string of the molecule is CCCNC(=O)c1cccc(C(=O)Nc2cc(C(=O)O)c(C)cc2C)c1. The van der Waals surface area contributed by atoms with Crippen molar-refractivity contribution >= 4 is 23.5 Å². The number of carboxylic acid groups (broad SMARTS) is 1. The number of benzene rings is 2. The van der Waals surface area contributed by atoms with Gasteiger partial charge in [-0.3, -0.25) is 9.59 Å². The molecule has 6 nitrogen and oxygen atoms in total. The van der Waals surface area contributed by atoms with E-state index in [1.165, 1.54) is 12.1 Å². The number of aryl methyl sites for hydroxylation is 2. The lowest BCUT2D eigenvalue weighted by atomic mass is 10.0. The van der Waals surface area contributed by atoms with Crippen molar-refractivity contribution in [3.63, 3.8) is 0 Å². The summed E-state index contributed by atoms with van der Waals surface area (Å²) in [6.45, 7) is 6.03. The van der Waals surface area contributed by atoms with Gasteiger partial charge in [0.1, 0.15) is 0 Å². The average molecular weight is 354 g/mol. The second kappa shape index (κ2) is 8.29. The van der Waals surface area contributed by atoms with Gasteiger partial charge in [-0.15, -0.1) is 0 Å². The van der Waals surface area contributed by atoms with E-state index in [1.54, 1.807) is 38.1 Å². The van der Waals surface area contributed by atoms with Gasteiger partial charge in [-0.05, 0) is 55.7 Å². The molecule has 0 aliphatic heterocycles. The van der Waals surface area contributed by atoms with Crippen molar-refractivity contribution < 1.29 is 19.5 Å². The Labute approximate surface area is 152 Å². The van der Waals surface area contributed by atoms with Gasteiger partial charge < -0.3 is 15.7 Å². The molecule has 0 aromatic heterocycles. The number of carbonyl (C=O) groups is 3. The van der Waals surface area contributed by atoms with Gasteiger partial charge in [0.2, 0.25) is 0 Å². The maximum atomic E-state index is 12.5. The molecule has 26 heavy (non-hydrogen) atoms. The smallest absolute Gasteiger partial charge is 0.336 e. The van der Waals surface area contributed by atoms with E-state index < -0.39 is 11.9 Å². The summed E-state index contributed by atoms with van der Waals surface area (Å²) in [6, 6.07) is 9.56. The summed E-state index contributed by atoms with van der Waals surface area (Å²) in [5.74, 6) is -1.69. The van der Waals surface area contributed by atoms with Crippen LogP contribution in [-0.2, 0) is 0 Å². The third-order valence-electron chi connectivity index (χ3n) is 3.97. The van der Waals surface area contributed by atoms with E-state index in [9.17, 15) is 19.5 Å². The molecule has 0 unspecified atom stereocenters. The predicted octanol–water partition coefficient (Wildman–Crippen LogP) is 3.39. The Morgan fingerprint density at radius 1 is 0.962 bits per heavy atom. The summed E-state index contributed by atoms with van der Waals surface area (Å²) >= 11 is 0. The molecule has 2 amide bonds. The maximum Gasteiger partial charge on any atom is 0.336 e. The number of nitrogens with one attached hydrogen (secondary N) is 2. The van der Waals surface area contributed by atoms with Crippen LogP contribution in [0, 0.1) is 13.8 Å². The fourth-order valence-corrected chi connectivity index (χ4v) is 2.55. The number of aromatic carboxylic acids is 1. The molecule has 0 saturated heterocycles. The Bertz CT molecular complexity index is 859. The molecular weight excluding hydrogens is 332 g/mol. The Morgan fingerprint density at radius 3 is 2.23 bits per heavy atom. The minimum atomic E-state index is -1.05. The van der Waals surface area contributed by atoms with Gasteiger partial charge in [0.15, 0.2) is 0 Å². The molecule has 0 spiro atoms. The quantitative estimate of drug-likeness (QED) is 0.741. The van der Waals surface area contributed by atoms with E-state index in [2.05, 4.69) is 10.6 Å². The van der Waals surface area contributed by atoms with Crippen LogP contribution in [0.15, 0.2) is 36.4 Å². The minimum absolute atomic E-state index is 0.138. The fourth-order valence-electron chi connectivity index (χ4n) is 2.55. The third-order valence-corrected chi connectivity index (χ3v) is 3.97. The standard InChI is InChI=1S/C20H22N2O4/c1-4-8-21-18(23)14-6-5-7-15(10-14)19(24)22-17-11-16(20(25)26)12(2)9-13(17)3/h5-7,9-11H,4,8H2,1-3H3,(H,21,23)(H,22,24)(H,25,26). The normalized spacial score (nSPS) is 10.3. The highest BCUT2D eigenvalue weighted by atomic mass is 16.4. The molecule has 0 atom stereocenters. The van der Waals surface area contributed by atoms with Crippen LogP contribution in [0.1, 0.15) is 55.5 Å². The van der Waals surface area contributed by atoms with E-state index in [0.29, 0.717) is 28.9 Å². The Kier molecular flexibility index (Phi) is 6.11. The van der Waals surface area contributed by atoms with Crippen LogP contribution in [0.2, 0.25) is 0 Å². The molecule has 2 aromatic carbocycles. The molecule has 136 valence electrons. The topological polar surface area (TPSA) is 95.5 Å². The molecule has 0 heterocycles. The lowest BCUT2D eigenvalue weighted by Gasteiger charge is -2.12. The van der Waals surface area contributed by atoms with E-state index in [1.807, 2.05) is 6.92 Å². The van der Waals surface area contributed by atoms with Gasteiger partial charge in [0.05, 0.1) is 5.56 Å². The predicted molar refractivity (Wildman–Crippen MR) is 99.9 cm³/mol. The van der Waals surface area contributed by atoms with Gasteiger partial charge in [-0.2, -0.15) is 0 Å². The summed E-state index contributed by atoms with van der Waals surface area (Å²) in [6.07, 6.45) is 0.824. The van der Waals surface area contributed by atoms with Gasteiger partial charge in [0, 0.05) is 23.4 Å². The highest BCUT2D eigenvalue weighted by Crippen LogP contribution is 2.21. The molecule has 0 bridgehead atoms. The zero-order chi connectivity index (χ0) is 19.3. The van der Waals surface area contributed by atoms with Crippen LogP contribution in [0.4, 0.5) is 5.69 Å². The van der Waals surface area contributed by atoms with Gasteiger partial charge >= 0.3 is 5.97 Å². The molecule has 0 radical (unpaired) electrons. The molecule has 2 aromatic rings. The first kappa shape index (κ1) is 19.2. The molecular formula is C20H22N2O4. The number of anilines is 1. The molecule has 6 heteroatoms. The monoisotopic (exact) mass is 354 g/mol. The van der Waals surface area contributed by atoms with E-state index in [4.69, 9.17) is 0 Å². The van der Waals surface area contributed by atoms with Crippen molar-refractivity contribution in [3.05, 3.63) is 64.2 Å². The van der Waals surface area contributed by atoms with E-state index in [-0.39, 0.29) is 11.5 Å². The largest absolute Gasteiger partial charge is 0.478 e. The van der Waals surface area contributed by atoms with Crippen molar-refractivity contribution in [2.75, 3.05) is 11.9 Å². The van der Waals surface area contributed by atoms with Crippen LogP contribution in [0.3, 0.4) is 0 Å². The summed E-state index contributed by atoms with van der Waals surface area (Å²) in [5.41, 5.74) is 2.68. The van der Waals surface area contributed by atoms with Crippen LogP contribution in [0.5, 0.6) is 0 Å². The van der Waals surface area contributed by atoms with Crippen molar-refractivity contribution in [2.24, 2.45) is 0 Å². The number of rotatable bonds is 6. The molecule has 0 aliphatic rings. The number of carboxylic acids is 1. The first-order chi connectivity index (χ1) is 12.3. The first-order valence-corrected chi connectivity index (χ1v) is 8.37. The van der Waals surface area contributed by atoms with Gasteiger partial charge in [-0.1, -0.05) is 19.1 Å². The Morgan fingerprint density at radius 2 is 1.62 bits per heavy atom. The molecule has 0 aliphatic carbocycles. The molecule has 3 N–H and O–H groups in total. The average Bonchev–Trinajstić information content (AvgIpc) is 2.61. The van der Waals surface area contributed by atoms with Crippen LogP contribution < -0.4 is 10.6 Å². The summed E-state index contributed by atoms with van der Waals surface area (Å²) in [7, 11) is 0. The fraction of sp³-hybridized carbons (Fsp3) is 0.250. The molecule has 0 saturated carbocycles. The summed E-state index contributed by atoms with van der Waals surface area (Å²) < 4.78 is 0. The van der Waals surface area contributed by atoms with Crippen molar-refractivity contribution in [1.29, 1.82) is 0 Å². The Hall–Kier alpha value is -3.15. The zero-order valence-electron chi connectivity index (χ0n) is 15.1. The summed E-state index contributed by atoms with van der Waals surface area (Å²) in [5, 5.41) is 14.7. The van der Waals surface area contributed by atoms with E-state index >= 15 is 0 Å². The minimum Gasteiger partial charge on any atom is -0.478 e. The maximum absolute atomic E-state index is 12.5. The van der Waals surface area contributed by atoms with Crippen molar-refractivity contribution in [2.45, 2.75) is 27.2 Å². The summed E-state index contributed by atoms with van der Waals surface area (Å²) in [4.78, 5) is 35.9. The highest BCUT2D eigenvalue weighted by molar-refractivity contribution is 6.07. The molecule has 2 rings (SSSR count). The van der Waals surface area contributed by atoms with Crippen LogP contribution in [-0.4, -0.2) is 29.4 Å². The zero-order valence-corrected chi connectivity index (χ0v) is 15.1. The third kappa shape index (κ3) is 4.47. The molecule has 0 fully saturated rings. The second-order valence-electron chi connectivity index (χ2n) is 6.08. The van der Waals surface area contributed by atoms with Crippen LogP contribution in [0.25, 0.3) is 0 Å². The number of amides is 2. The number of hydrogen-bond donors (Lipinski definition) is 3. The van der Waals surface area contributed by atoms with Crippen molar-refractivity contribution in [3.8, 4) is 0 Å². The lowest BCUT2D eigenvalue weighted by Crippen LogP contribution is -2.24. The van der Waals surface area contributed by atoms with Crippen molar-refractivity contribution in [1.82, 2.24) is 5.32 Å². The highest BCUT2D eigenvalue weighted by Gasteiger charge is 2.14. The second-order valence-corrected chi connectivity index (χ2v) is 6.08. The van der Waals surface area contributed by atoms with Gasteiger partial charge in [0.25, 0.3) is 11.8 Å². The van der Waals surface area contributed by atoms with E-state index in [0.717, 1.165) is 12.0 Å². The Balaban J connectivity index is 2.24. The van der Waals surface area contributed by atoms with Gasteiger partial charge in [-0.25, -0.2) is 4.79 Å². The first-order valence-electron chi connectivity index (χ1n) is 8.37. The lowest BCUT2D eigenvalue weighted by molar-refractivity contribution is 0.0695. The van der Waals surface area contributed by atoms with Crippen LogP contribution >= 0.6 is 0 Å². The number of carbonyl (C=O) groups excluding carboxylic acids is 2. The number of hydrogen-bond acceptors (Lipinski definition) is 3.